The number of nitrogens with zero attached hydrogens (tertiary/aromatic N) is 1. The fourth-order valence-electron chi connectivity index (χ4n) is 4.55. The molecule has 0 spiro atoms. The number of fused-ring (bicyclic) bond motifs is 2. The van der Waals surface area contributed by atoms with Crippen molar-refractivity contribution in [2.45, 2.75) is 57.3 Å². The molecule has 2 saturated heterocycles. The van der Waals surface area contributed by atoms with Gasteiger partial charge in [-0.15, -0.1) is 0 Å². The maximum absolute atomic E-state index is 12.5. The lowest BCUT2D eigenvalue weighted by molar-refractivity contribution is 0.0526. The Labute approximate surface area is 192 Å². The third-order valence-electron chi connectivity index (χ3n) is 5.95. The Kier molecular flexibility index (Phi) is 6.94. The summed E-state index contributed by atoms with van der Waals surface area (Å²) in [6.07, 6.45) is 5.51. The first-order valence-electron chi connectivity index (χ1n) is 11.0. The number of urea groups is 1. The smallest absolute Gasteiger partial charge is 0.338 e. The quantitative estimate of drug-likeness (QED) is 0.451. The monoisotopic (exact) mass is 456 g/mol. The lowest BCUT2D eigenvalue weighted by atomic mass is 9.98. The number of ether oxygens (including phenoxy) is 1. The van der Waals surface area contributed by atoms with Crippen molar-refractivity contribution >= 4 is 35.0 Å². The summed E-state index contributed by atoms with van der Waals surface area (Å²) in [6.45, 7) is 2.66. The van der Waals surface area contributed by atoms with Crippen LogP contribution in [0.15, 0.2) is 47.1 Å². The van der Waals surface area contributed by atoms with Gasteiger partial charge in [0.1, 0.15) is 5.76 Å². The summed E-state index contributed by atoms with van der Waals surface area (Å²) in [5.41, 5.74) is 1.08. The number of piperidine rings is 1. The van der Waals surface area contributed by atoms with Gasteiger partial charge < -0.3 is 30.0 Å². The highest BCUT2D eigenvalue weighted by atomic mass is 32.1. The van der Waals surface area contributed by atoms with Gasteiger partial charge in [0.25, 0.3) is 0 Å². The average Bonchev–Trinajstić information content (AvgIpc) is 3.39. The van der Waals surface area contributed by atoms with Crippen LogP contribution in [0.5, 0.6) is 0 Å². The topological polar surface area (TPSA) is 95.8 Å². The van der Waals surface area contributed by atoms with Crippen molar-refractivity contribution in [3.05, 3.63) is 54.0 Å². The van der Waals surface area contributed by atoms with Crippen LogP contribution < -0.4 is 16.0 Å². The number of furan rings is 1. The Morgan fingerprint density at radius 2 is 1.88 bits per heavy atom. The Morgan fingerprint density at radius 3 is 2.50 bits per heavy atom. The standard InChI is InChI=1S/C23H28N4O4S/c1-2-30-21(28)15-5-7-16(8-6-15)25-22(29)26-17-12-18-9-10-19(13-17)27(18)23(32)24-14-20-4-3-11-31-20/h3-8,11,17-19H,2,9-10,12-14H2,1H3,(H,24,32)(H2,25,26,29)/t18-,19-/m1/s1. The number of nitrogens with one attached hydrogen (secondary N) is 3. The highest BCUT2D eigenvalue weighted by Crippen LogP contribution is 2.36. The van der Waals surface area contributed by atoms with E-state index in [1.165, 1.54) is 0 Å². The largest absolute Gasteiger partial charge is 0.467 e. The molecule has 9 heteroatoms. The minimum Gasteiger partial charge on any atom is -0.467 e. The molecule has 0 unspecified atom stereocenters. The van der Waals surface area contributed by atoms with Crippen molar-refractivity contribution in [3.8, 4) is 0 Å². The first kappa shape index (κ1) is 22.1. The van der Waals surface area contributed by atoms with Gasteiger partial charge in [-0.2, -0.15) is 0 Å². The molecule has 1 aromatic heterocycles. The van der Waals surface area contributed by atoms with Gasteiger partial charge in [0.15, 0.2) is 5.11 Å². The second kappa shape index (κ2) is 10.0. The normalized spacial score (nSPS) is 21.7. The summed E-state index contributed by atoms with van der Waals surface area (Å²) in [7, 11) is 0. The minimum atomic E-state index is -0.373. The van der Waals surface area contributed by atoms with Crippen LogP contribution in [0.4, 0.5) is 10.5 Å². The second-order valence-corrected chi connectivity index (χ2v) is 8.48. The van der Waals surface area contributed by atoms with Gasteiger partial charge >= 0.3 is 12.0 Å². The zero-order valence-corrected chi connectivity index (χ0v) is 18.8. The summed E-state index contributed by atoms with van der Waals surface area (Å²) in [5.74, 6) is 0.477. The number of rotatable bonds is 6. The highest BCUT2D eigenvalue weighted by molar-refractivity contribution is 7.80. The molecule has 0 radical (unpaired) electrons. The highest BCUT2D eigenvalue weighted by Gasteiger charge is 2.42. The molecule has 3 N–H and O–H groups in total. The first-order valence-corrected chi connectivity index (χ1v) is 11.4. The van der Waals surface area contributed by atoms with E-state index in [2.05, 4.69) is 20.9 Å². The number of benzene rings is 1. The fourth-order valence-corrected chi connectivity index (χ4v) is 4.92. The minimum absolute atomic E-state index is 0.0930. The van der Waals surface area contributed by atoms with Crippen LogP contribution in [0.1, 0.15) is 48.7 Å². The lowest BCUT2D eigenvalue weighted by Crippen LogP contribution is -2.55. The van der Waals surface area contributed by atoms with E-state index in [0.717, 1.165) is 36.6 Å². The van der Waals surface area contributed by atoms with Crippen molar-refractivity contribution in [1.82, 2.24) is 15.5 Å². The van der Waals surface area contributed by atoms with E-state index < -0.39 is 0 Å². The predicted octanol–water partition coefficient (Wildman–Crippen LogP) is 3.65. The molecule has 2 atom stereocenters. The Hall–Kier alpha value is -3.07. The molecule has 2 fully saturated rings. The van der Waals surface area contributed by atoms with E-state index >= 15 is 0 Å². The van der Waals surface area contributed by atoms with E-state index in [-0.39, 0.29) is 18.0 Å². The van der Waals surface area contributed by atoms with Crippen LogP contribution in [-0.2, 0) is 11.3 Å². The molecule has 2 bridgehead atoms. The van der Waals surface area contributed by atoms with Gasteiger partial charge in [-0.3, -0.25) is 0 Å². The summed E-state index contributed by atoms with van der Waals surface area (Å²) >= 11 is 5.64. The van der Waals surface area contributed by atoms with Crippen LogP contribution >= 0.6 is 12.2 Å². The average molecular weight is 457 g/mol. The van der Waals surface area contributed by atoms with Gasteiger partial charge in [0, 0.05) is 23.8 Å². The van der Waals surface area contributed by atoms with Crippen molar-refractivity contribution < 1.29 is 18.7 Å². The van der Waals surface area contributed by atoms with E-state index in [9.17, 15) is 9.59 Å². The van der Waals surface area contributed by atoms with E-state index in [4.69, 9.17) is 21.4 Å². The van der Waals surface area contributed by atoms with Crippen LogP contribution in [0.25, 0.3) is 0 Å². The van der Waals surface area contributed by atoms with E-state index in [1.807, 2.05) is 12.1 Å². The SMILES string of the molecule is CCOC(=O)c1ccc(NC(=O)NC2C[C@H]3CC[C@H](C2)N3C(=S)NCc2ccco2)cc1. The van der Waals surface area contributed by atoms with Crippen molar-refractivity contribution in [2.75, 3.05) is 11.9 Å². The number of carbonyl (C=O) groups excluding carboxylic acids is 2. The molecular formula is C23H28N4O4S. The number of thiocarbonyl (C=S) groups is 1. The van der Waals surface area contributed by atoms with Crippen LogP contribution in [0, 0.1) is 0 Å². The third kappa shape index (κ3) is 5.21. The molecule has 170 valence electrons. The number of esters is 1. The number of carbonyl (C=O) groups is 2. The summed E-state index contributed by atoms with van der Waals surface area (Å²) in [5, 5.41) is 9.98. The predicted molar refractivity (Wildman–Crippen MR) is 124 cm³/mol. The molecular weight excluding hydrogens is 428 g/mol. The molecule has 4 rings (SSSR count). The molecule has 0 aliphatic carbocycles. The van der Waals surface area contributed by atoms with Crippen molar-refractivity contribution in [1.29, 1.82) is 0 Å². The van der Waals surface area contributed by atoms with E-state index in [0.29, 0.717) is 36.5 Å². The Bertz CT molecular complexity index is 933. The third-order valence-corrected chi connectivity index (χ3v) is 6.31. The number of hydrogen-bond acceptors (Lipinski definition) is 5. The summed E-state index contributed by atoms with van der Waals surface area (Å²) in [6, 6.07) is 10.9. The van der Waals surface area contributed by atoms with Gasteiger partial charge in [0.2, 0.25) is 0 Å². The summed E-state index contributed by atoms with van der Waals surface area (Å²) < 4.78 is 10.3. The van der Waals surface area contributed by atoms with Crippen LogP contribution in [0.2, 0.25) is 0 Å². The van der Waals surface area contributed by atoms with Crippen molar-refractivity contribution in [2.24, 2.45) is 0 Å². The van der Waals surface area contributed by atoms with Gasteiger partial charge in [-0.1, -0.05) is 0 Å². The first-order chi connectivity index (χ1) is 15.5. The molecule has 0 saturated carbocycles. The summed E-state index contributed by atoms with van der Waals surface area (Å²) in [4.78, 5) is 26.5. The fraction of sp³-hybridized carbons (Fsp3) is 0.435. The molecule has 32 heavy (non-hydrogen) atoms. The zero-order valence-electron chi connectivity index (χ0n) is 18.0. The van der Waals surface area contributed by atoms with Gasteiger partial charge in [0.05, 0.1) is 25.0 Å². The molecule has 2 amide bonds. The van der Waals surface area contributed by atoms with Crippen LogP contribution in [0.3, 0.4) is 0 Å². The Morgan fingerprint density at radius 1 is 1.16 bits per heavy atom. The van der Waals surface area contributed by atoms with Gasteiger partial charge in [-0.25, -0.2) is 9.59 Å². The van der Waals surface area contributed by atoms with E-state index in [1.54, 1.807) is 37.5 Å². The van der Waals surface area contributed by atoms with Crippen molar-refractivity contribution in [3.63, 3.8) is 0 Å². The molecule has 2 aliphatic rings. The lowest BCUT2D eigenvalue weighted by Gasteiger charge is -2.40. The molecule has 3 heterocycles. The molecule has 2 aliphatic heterocycles. The molecule has 1 aromatic carbocycles. The maximum Gasteiger partial charge on any atom is 0.338 e. The second-order valence-electron chi connectivity index (χ2n) is 8.09. The zero-order chi connectivity index (χ0) is 22.5. The molecule has 8 nitrogen and oxygen atoms in total. The Balaban J connectivity index is 1.26. The van der Waals surface area contributed by atoms with Gasteiger partial charge in [-0.05, 0) is 81.2 Å². The number of anilines is 1. The number of hydrogen-bond donors (Lipinski definition) is 3. The molecule has 2 aromatic rings. The number of amides is 2. The van der Waals surface area contributed by atoms with Crippen LogP contribution in [-0.4, -0.2) is 46.7 Å². The maximum atomic E-state index is 12.5.